The summed E-state index contributed by atoms with van der Waals surface area (Å²) in [6.07, 6.45) is -3.07. The van der Waals surface area contributed by atoms with Gasteiger partial charge in [-0.05, 0) is 5.92 Å². The molecule has 0 aromatic heterocycles. The Balaban J connectivity index is 3.45. The van der Waals surface area contributed by atoms with E-state index in [0.717, 1.165) is 0 Å². The zero-order valence-corrected chi connectivity index (χ0v) is 9.58. The van der Waals surface area contributed by atoms with Crippen molar-refractivity contribution in [1.82, 2.24) is 5.32 Å². The largest absolute Gasteiger partial charge is 0.391 e. The molecule has 6 heteroatoms. The van der Waals surface area contributed by atoms with Gasteiger partial charge in [-0.2, -0.15) is 0 Å². The fourth-order valence-corrected chi connectivity index (χ4v) is 0.880. The molecule has 0 aromatic carbocycles. The summed E-state index contributed by atoms with van der Waals surface area (Å²) in [5.74, 6) is -0.246. The first-order valence-electron chi connectivity index (χ1n) is 5.24. The Morgan fingerprint density at radius 3 is 2.56 bits per heavy atom. The minimum Gasteiger partial charge on any atom is -0.391 e. The molecule has 0 radical (unpaired) electrons. The van der Waals surface area contributed by atoms with Crippen LogP contribution in [0, 0.1) is 5.92 Å². The second-order valence-corrected chi connectivity index (χ2v) is 3.83. The molecule has 0 rings (SSSR count). The number of alkyl halides is 2. The maximum Gasteiger partial charge on any atom is 0.261 e. The van der Waals surface area contributed by atoms with Gasteiger partial charge in [0.25, 0.3) is 6.43 Å². The average molecular weight is 239 g/mol. The second-order valence-electron chi connectivity index (χ2n) is 3.83. The van der Waals surface area contributed by atoms with Crippen LogP contribution in [0.25, 0.3) is 0 Å². The van der Waals surface area contributed by atoms with E-state index in [0.29, 0.717) is 0 Å². The number of aliphatic hydroxyl groups is 1. The molecule has 0 fully saturated rings. The molecular weight excluding hydrogens is 220 g/mol. The van der Waals surface area contributed by atoms with E-state index in [1.807, 2.05) is 13.8 Å². The third-order valence-electron chi connectivity index (χ3n) is 2.00. The van der Waals surface area contributed by atoms with Crippen LogP contribution in [0.3, 0.4) is 0 Å². The van der Waals surface area contributed by atoms with Gasteiger partial charge in [0.15, 0.2) is 0 Å². The summed E-state index contributed by atoms with van der Waals surface area (Å²) in [6.45, 7) is 3.16. The maximum absolute atomic E-state index is 11.6. The van der Waals surface area contributed by atoms with Gasteiger partial charge < -0.3 is 15.2 Å². The predicted molar refractivity (Wildman–Crippen MR) is 55.3 cm³/mol. The van der Waals surface area contributed by atoms with Gasteiger partial charge in [-0.3, -0.25) is 4.79 Å². The molecule has 2 N–H and O–H groups in total. The van der Waals surface area contributed by atoms with Crippen molar-refractivity contribution < 1.29 is 23.4 Å². The Bertz CT molecular complexity index is 201. The number of ether oxygens (including phenoxy) is 1. The molecule has 0 aliphatic rings. The number of hydrogen-bond donors (Lipinski definition) is 2. The molecule has 1 atom stereocenters. The fraction of sp³-hybridized carbons (Fsp3) is 0.900. The number of aliphatic hydroxyl groups excluding tert-OH is 1. The normalized spacial score (nSPS) is 13.2. The number of amides is 1. The predicted octanol–water partition coefficient (Wildman–Crippen LogP) is 0.791. The van der Waals surface area contributed by atoms with Crippen LogP contribution in [-0.2, 0) is 9.53 Å². The first-order valence-corrected chi connectivity index (χ1v) is 5.24. The minimum atomic E-state index is -2.51. The van der Waals surface area contributed by atoms with Crippen molar-refractivity contribution >= 4 is 5.91 Å². The van der Waals surface area contributed by atoms with Gasteiger partial charge >= 0.3 is 0 Å². The van der Waals surface area contributed by atoms with Crippen LogP contribution in [0.15, 0.2) is 0 Å². The molecular formula is C10H19F2NO3. The topological polar surface area (TPSA) is 58.6 Å². The molecule has 0 saturated heterocycles. The van der Waals surface area contributed by atoms with Crippen LogP contribution < -0.4 is 5.32 Å². The molecule has 0 heterocycles. The molecule has 16 heavy (non-hydrogen) atoms. The van der Waals surface area contributed by atoms with E-state index in [9.17, 15) is 18.7 Å². The second kappa shape index (κ2) is 8.41. The van der Waals surface area contributed by atoms with Crippen molar-refractivity contribution in [3.8, 4) is 0 Å². The van der Waals surface area contributed by atoms with Gasteiger partial charge in [-0.1, -0.05) is 13.8 Å². The van der Waals surface area contributed by atoms with E-state index in [1.165, 1.54) is 0 Å². The van der Waals surface area contributed by atoms with Gasteiger partial charge in [-0.25, -0.2) is 8.78 Å². The third kappa shape index (κ3) is 8.55. The van der Waals surface area contributed by atoms with Crippen LogP contribution in [-0.4, -0.2) is 43.3 Å². The summed E-state index contributed by atoms with van der Waals surface area (Å²) in [4.78, 5) is 11.1. The summed E-state index contributed by atoms with van der Waals surface area (Å²) < 4.78 is 27.8. The quantitative estimate of drug-likeness (QED) is 0.616. The molecule has 0 aliphatic carbocycles. The molecule has 1 unspecified atom stereocenters. The Morgan fingerprint density at radius 2 is 2.06 bits per heavy atom. The minimum absolute atomic E-state index is 0.0253. The van der Waals surface area contributed by atoms with E-state index >= 15 is 0 Å². The zero-order valence-electron chi connectivity index (χ0n) is 9.58. The highest BCUT2D eigenvalue weighted by molar-refractivity contribution is 5.75. The molecule has 1 amide bonds. The highest BCUT2D eigenvalue weighted by Crippen LogP contribution is 1.99. The van der Waals surface area contributed by atoms with Crippen molar-refractivity contribution in [1.29, 1.82) is 0 Å². The van der Waals surface area contributed by atoms with Crippen LogP contribution in [0.4, 0.5) is 8.78 Å². The maximum atomic E-state index is 11.6. The average Bonchev–Trinajstić information content (AvgIpc) is 2.20. The summed E-state index contributed by atoms with van der Waals surface area (Å²) in [5.41, 5.74) is 0. The number of rotatable bonds is 8. The van der Waals surface area contributed by atoms with E-state index in [4.69, 9.17) is 0 Å². The van der Waals surface area contributed by atoms with E-state index in [2.05, 4.69) is 10.1 Å². The van der Waals surface area contributed by atoms with E-state index in [1.54, 1.807) is 0 Å². The lowest BCUT2D eigenvalue weighted by Crippen LogP contribution is -2.35. The van der Waals surface area contributed by atoms with Crippen molar-refractivity contribution in [2.24, 2.45) is 5.92 Å². The molecule has 0 spiro atoms. The lowest BCUT2D eigenvalue weighted by atomic mass is 10.1. The SMILES string of the molecule is CC(C)C(O)CNC(=O)CCOCC(F)F. The summed E-state index contributed by atoms with van der Waals surface area (Å²) in [6, 6.07) is 0. The number of carbonyl (C=O) groups excluding carboxylic acids is 1. The van der Waals surface area contributed by atoms with Crippen molar-refractivity contribution in [2.45, 2.75) is 32.8 Å². The van der Waals surface area contributed by atoms with Crippen LogP contribution in [0.1, 0.15) is 20.3 Å². The Morgan fingerprint density at radius 1 is 1.44 bits per heavy atom. The highest BCUT2D eigenvalue weighted by atomic mass is 19.3. The summed E-state index contributed by atoms with van der Waals surface area (Å²) in [5, 5.41) is 11.9. The number of halogens is 2. The Kier molecular flexibility index (Phi) is 8.01. The third-order valence-corrected chi connectivity index (χ3v) is 2.00. The number of nitrogens with one attached hydrogen (secondary N) is 1. The number of carbonyl (C=O) groups is 1. The molecule has 0 aliphatic heterocycles. The summed E-state index contributed by atoms with van der Waals surface area (Å²) in [7, 11) is 0. The summed E-state index contributed by atoms with van der Waals surface area (Å²) >= 11 is 0. The monoisotopic (exact) mass is 239 g/mol. The van der Waals surface area contributed by atoms with E-state index < -0.39 is 19.1 Å². The van der Waals surface area contributed by atoms with Gasteiger partial charge in [-0.15, -0.1) is 0 Å². The van der Waals surface area contributed by atoms with E-state index in [-0.39, 0.29) is 31.4 Å². The lowest BCUT2D eigenvalue weighted by Gasteiger charge is -2.14. The zero-order chi connectivity index (χ0) is 12.6. The molecule has 96 valence electrons. The highest BCUT2D eigenvalue weighted by Gasteiger charge is 2.10. The first kappa shape index (κ1) is 15.2. The Hall–Kier alpha value is -0.750. The van der Waals surface area contributed by atoms with Crippen LogP contribution in [0.2, 0.25) is 0 Å². The van der Waals surface area contributed by atoms with Crippen molar-refractivity contribution in [2.75, 3.05) is 19.8 Å². The van der Waals surface area contributed by atoms with Gasteiger partial charge in [0, 0.05) is 13.0 Å². The van der Waals surface area contributed by atoms with Gasteiger partial charge in [0.2, 0.25) is 5.91 Å². The van der Waals surface area contributed by atoms with Crippen LogP contribution in [0.5, 0.6) is 0 Å². The molecule has 0 saturated carbocycles. The van der Waals surface area contributed by atoms with Crippen LogP contribution >= 0.6 is 0 Å². The molecule has 0 bridgehead atoms. The standard InChI is InChI=1S/C10H19F2NO3/c1-7(2)8(14)5-13-10(15)3-4-16-6-9(11)12/h7-9,14H,3-6H2,1-2H3,(H,13,15). The smallest absolute Gasteiger partial charge is 0.261 e. The Labute approximate surface area is 94.0 Å². The first-order chi connectivity index (χ1) is 7.43. The van der Waals surface area contributed by atoms with Crippen molar-refractivity contribution in [3.05, 3.63) is 0 Å². The fourth-order valence-electron chi connectivity index (χ4n) is 0.880. The lowest BCUT2D eigenvalue weighted by molar-refractivity contribution is -0.123. The molecule has 0 aromatic rings. The number of hydrogen-bond acceptors (Lipinski definition) is 3. The van der Waals surface area contributed by atoms with Gasteiger partial charge in [0.05, 0.1) is 12.7 Å². The van der Waals surface area contributed by atoms with Gasteiger partial charge in [0.1, 0.15) is 6.61 Å². The molecule has 4 nitrogen and oxygen atoms in total. The van der Waals surface area contributed by atoms with Crippen molar-refractivity contribution in [3.63, 3.8) is 0 Å².